The first-order valence-electron chi connectivity index (χ1n) is 5.55. The van der Waals surface area contributed by atoms with Gasteiger partial charge in [-0.05, 0) is 23.8 Å². The number of imidazole rings is 1. The quantitative estimate of drug-likeness (QED) is 0.769. The van der Waals surface area contributed by atoms with Crippen molar-refractivity contribution in [3.63, 3.8) is 0 Å². The lowest BCUT2D eigenvalue weighted by molar-refractivity contribution is 0.833. The molecule has 18 heavy (non-hydrogen) atoms. The summed E-state index contributed by atoms with van der Waals surface area (Å²) in [5, 5.41) is 0.653. The number of rotatable bonds is 2. The SMILES string of the molecule is Nc1nc2cccc(Cl)c2n1Cc1cccnc1. The Labute approximate surface area is 109 Å². The van der Waals surface area contributed by atoms with Gasteiger partial charge in [-0.2, -0.15) is 0 Å². The summed E-state index contributed by atoms with van der Waals surface area (Å²) in [5.74, 6) is 0.460. The van der Waals surface area contributed by atoms with Crippen molar-refractivity contribution in [3.05, 3.63) is 53.3 Å². The Bertz CT molecular complexity index is 691. The molecule has 2 N–H and O–H groups in total. The predicted octanol–water partition coefficient (Wildman–Crippen LogP) is 2.72. The molecule has 2 heterocycles. The van der Waals surface area contributed by atoms with Gasteiger partial charge in [0.2, 0.25) is 5.95 Å². The third kappa shape index (κ3) is 1.80. The van der Waals surface area contributed by atoms with E-state index >= 15 is 0 Å². The van der Waals surface area contributed by atoms with Gasteiger partial charge in [-0.15, -0.1) is 0 Å². The number of pyridine rings is 1. The Morgan fingerprint density at radius 2 is 2.11 bits per heavy atom. The van der Waals surface area contributed by atoms with Gasteiger partial charge in [-0.1, -0.05) is 23.7 Å². The van der Waals surface area contributed by atoms with Crippen LogP contribution in [0.2, 0.25) is 5.02 Å². The van der Waals surface area contributed by atoms with Crippen LogP contribution in [0.4, 0.5) is 5.95 Å². The van der Waals surface area contributed by atoms with Crippen molar-refractivity contribution in [3.8, 4) is 0 Å². The van der Waals surface area contributed by atoms with Gasteiger partial charge in [0.05, 0.1) is 22.6 Å². The zero-order valence-corrected chi connectivity index (χ0v) is 10.3. The molecule has 0 amide bonds. The molecule has 0 saturated carbocycles. The number of para-hydroxylation sites is 1. The Balaban J connectivity index is 2.14. The van der Waals surface area contributed by atoms with Gasteiger partial charge in [0.15, 0.2) is 0 Å². The molecular formula is C13H11ClN4. The van der Waals surface area contributed by atoms with E-state index in [-0.39, 0.29) is 0 Å². The summed E-state index contributed by atoms with van der Waals surface area (Å²) in [7, 11) is 0. The first kappa shape index (κ1) is 11.0. The molecule has 0 aliphatic rings. The van der Waals surface area contributed by atoms with Crippen molar-refractivity contribution in [1.82, 2.24) is 14.5 Å². The highest BCUT2D eigenvalue weighted by molar-refractivity contribution is 6.35. The van der Waals surface area contributed by atoms with Gasteiger partial charge in [-0.3, -0.25) is 4.98 Å². The third-order valence-corrected chi connectivity index (χ3v) is 3.12. The maximum absolute atomic E-state index is 6.21. The Morgan fingerprint density at radius 1 is 1.22 bits per heavy atom. The van der Waals surface area contributed by atoms with E-state index < -0.39 is 0 Å². The molecule has 3 aromatic rings. The lowest BCUT2D eigenvalue weighted by Gasteiger charge is -2.07. The minimum atomic E-state index is 0.460. The van der Waals surface area contributed by atoms with Crippen LogP contribution in [0, 0.1) is 0 Å². The summed E-state index contributed by atoms with van der Waals surface area (Å²) in [4.78, 5) is 8.40. The highest BCUT2D eigenvalue weighted by atomic mass is 35.5. The molecule has 0 atom stereocenters. The zero-order chi connectivity index (χ0) is 12.5. The van der Waals surface area contributed by atoms with E-state index in [0.717, 1.165) is 16.6 Å². The second kappa shape index (κ2) is 4.31. The zero-order valence-electron chi connectivity index (χ0n) is 9.55. The summed E-state index contributed by atoms with van der Waals surface area (Å²) in [6.45, 7) is 0.611. The molecule has 0 bridgehead atoms. The van der Waals surface area contributed by atoms with Crippen LogP contribution in [0.25, 0.3) is 11.0 Å². The van der Waals surface area contributed by atoms with E-state index in [1.54, 1.807) is 6.20 Å². The van der Waals surface area contributed by atoms with E-state index in [4.69, 9.17) is 17.3 Å². The molecular weight excluding hydrogens is 248 g/mol. The highest BCUT2D eigenvalue weighted by Gasteiger charge is 2.11. The van der Waals surface area contributed by atoms with E-state index in [9.17, 15) is 0 Å². The molecule has 3 rings (SSSR count). The number of hydrogen-bond acceptors (Lipinski definition) is 3. The number of fused-ring (bicyclic) bond motifs is 1. The summed E-state index contributed by atoms with van der Waals surface area (Å²) < 4.78 is 1.90. The maximum Gasteiger partial charge on any atom is 0.201 e. The van der Waals surface area contributed by atoms with Crippen LogP contribution < -0.4 is 5.73 Å². The van der Waals surface area contributed by atoms with Gasteiger partial charge < -0.3 is 10.3 Å². The van der Waals surface area contributed by atoms with Crippen molar-refractivity contribution in [2.24, 2.45) is 0 Å². The topological polar surface area (TPSA) is 56.7 Å². The number of nitrogens with two attached hydrogens (primary N) is 1. The van der Waals surface area contributed by atoms with Gasteiger partial charge in [0.1, 0.15) is 0 Å². The van der Waals surface area contributed by atoms with Crippen molar-refractivity contribution in [2.75, 3.05) is 5.73 Å². The molecule has 0 spiro atoms. The number of nitrogen functional groups attached to an aromatic ring is 1. The largest absolute Gasteiger partial charge is 0.369 e. The van der Waals surface area contributed by atoms with E-state index in [2.05, 4.69) is 9.97 Å². The Morgan fingerprint density at radius 3 is 2.89 bits per heavy atom. The predicted molar refractivity (Wildman–Crippen MR) is 72.5 cm³/mol. The standard InChI is InChI=1S/C13H11ClN4/c14-10-4-1-5-11-12(10)18(13(15)17-11)8-9-3-2-6-16-7-9/h1-7H,8H2,(H2,15,17). The number of benzene rings is 1. The summed E-state index contributed by atoms with van der Waals surface area (Å²) >= 11 is 6.21. The molecule has 0 fully saturated rings. The van der Waals surface area contributed by atoms with Crippen LogP contribution in [-0.2, 0) is 6.54 Å². The number of anilines is 1. The molecule has 0 aliphatic heterocycles. The minimum Gasteiger partial charge on any atom is -0.369 e. The first-order chi connectivity index (χ1) is 8.75. The van der Waals surface area contributed by atoms with Crippen LogP contribution in [0.1, 0.15) is 5.56 Å². The van der Waals surface area contributed by atoms with Gasteiger partial charge in [0, 0.05) is 12.4 Å². The molecule has 1 aromatic carbocycles. The van der Waals surface area contributed by atoms with Crippen LogP contribution in [-0.4, -0.2) is 14.5 Å². The monoisotopic (exact) mass is 258 g/mol. The first-order valence-corrected chi connectivity index (χ1v) is 5.92. The third-order valence-electron chi connectivity index (χ3n) is 2.81. The van der Waals surface area contributed by atoms with Crippen molar-refractivity contribution < 1.29 is 0 Å². The fraction of sp³-hybridized carbons (Fsp3) is 0.0769. The number of aromatic nitrogens is 3. The molecule has 0 unspecified atom stereocenters. The molecule has 0 aliphatic carbocycles. The van der Waals surface area contributed by atoms with Gasteiger partial charge >= 0.3 is 0 Å². The Hall–Kier alpha value is -2.07. The minimum absolute atomic E-state index is 0.460. The van der Waals surface area contributed by atoms with Crippen molar-refractivity contribution >= 4 is 28.6 Å². The smallest absolute Gasteiger partial charge is 0.201 e. The maximum atomic E-state index is 6.21. The molecule has 0 saturated heterocycles. The molecule has 0 radical (unpaired) electrons. The van der Waals surface area contributed by atoms with Crippen LogP contribution in [0.3, 0.4) is 0 Å². The van der Waals surface area contributed by atoms with Gasteiger partial charge in [0.25, 0.3) is 0 Å². The lowest BCUT2D eigenvalue weighted by atomic mass is 10.2. The molecule has 90 valence electrons. The average Bonchev–Trinajstić information content (AvgIpc) is 2.69. The second-order valence-electron chi connectivity index (χ2n) is 4.02. The average molecular weight is 259 g/mol. The lowest BCUT2D eigenvalue weighted by Crippen LogP contribution is -2.04. The number of nitrogens with zero attached hydrogens (tertiary/aromatic N) is 3. The van der Waals surface area contributed by atoms with E-state index in [1.165, 1.54) is 0 Å². The Kier molecular flexibility index (Phi) is 2.64. The molecule has 2 aromatic heterocycles. The normalized spacial score (nSPS) is 10.9. The fourth-order valence-electron chi connectivity index (χ4n) is 1.99. The van der Waals surface area contributed by atoms with Crippen molar-refractivity contribution in [1.29, 1.82) is 0 Å². The highest BCUT2D eigenvalue weighted by Crippen LogP contribution is 2.26. The number of hydrogen-bond donors (Lipinski definition) is 1. The number of halogens is 1. The van der Waals surface area contributed by atoms with E-state index in [1.807, 2.05) is 41.1 Å². The van der Waals surface area contributed by atoms with Crippen LogP contribution in [0.5, 0.6) is 0 Å². The van der Waals surface area contributed by atoms with Crippen LogP contribution >= 0.6 is 11.6 Å². The summed E-state index contributed by atoms with van der Waals surface area (Å²) in [6.07, 6.45) is 3.55. The second-order valence-corrected chi connectivity index (χ2v) is 4.43. The summed E-state index contributed by atoms with van der Waals surface area (Å²) in [5.41, 5.74) is 8.67. The summed E-state index contributed by atoms with van der Waals surface area (Å²) in [6, 6.07) is 9.49. The fourth-order valence-corrected chi connectivity index (χ4v) is 2.27. The van der Waals surface area contributed by atoms with Crippen molar-refractivity contribution in [2.45, 2.75) is 6.54 Å². The molecule has 5 heteroatoms. The van der Waals surface area contributed by atoms with Gasteiger partial charge in [-0.25, -0.2) is 4.98 Å². The molecule has 4 nitrogen and oxygen atoms in total. The van der Waals surface area contributed by atoms with E-state index in [0.29, 0.717) is 17.5 Å². The van der Waals surface area contributed by atoms with Crippen LogP contribution in [0.15, 0.2) is 42.7 Å².